The van der Waals surface area contributed by atoms with Crippen LogP contribution in [0, 0.1) is 11.8 Å². The summed E-state index contributed by atoms with van der Waals surface area (Å²) >= 11 is 0. The SMILES string of the molecule is N.N.O=C(O)C(C(=O)O)C(C(=O)O)C(=O)O. The van der Waals surface area contributed by atoms with Crippen LogP contribution in [0.25, 0.3) is 0 Å². The Morgan fingerprint density at radius 1 is 0.562 bits per heavy atom. The largest absolute Gasteiger partial charge is 0.481 e. The first kappa shape index (κ1) is 19.4. The molecule has 0 atom stereocenters. The van der Waals surface area contributed by atoms with Crippen molar-refractivity contribution < 1.29 is 39.6 Å². The molecule has 16 heavy (non-hydrogen) atoms. The van der Waals surface area contributed by atoms with Gasteiger partial charge < -0.3 is 32.7 Å². The molecular weight excluding hydrogens is 228 g/mol. The van der Waals surface area contributed by atoms with Crippen molar-refractivity contribution >= 4 is 23.9 Å². The average molecular weight is 240 g/mol. The maximum absolute atomic E-state index is 10.3. The summed E-state index contributed by atoms with van der Waals surface area (Å²) < 4.78 is 0. The molecule has 10 nitrogen and oxygen atoms in total. The molecule has 0 aliphatic carbocycles. The first-order chi connectivity index (χ1) is 6.29. The molecule has 10 heteroatoms. The molecule has 0 unspecified atom stereocenters. The zero-order valence-electron chi connectivity index (χ0n) is 7.99. The van der Waals surface area contributed by atoms with Crippen LogP contribution in [-0.4, -0.2) is 44.3 Å². The molecule has 0 aromatic heterocycles. The van der Waals surface area contributed by atoms with Crippen molar-refractivity contribution in [2.45, 2.75) is 0 Å². The highest BCUT2D eigenvalue weighted by molar-refractivity contribution is 6.05. The van der Waals surface area contributed by atoms with E-state index in [1.54, 1.807) is 0 Å². The highest BCUT2D eigenvalue weighted by atomic mass is 16.4. The Bertz CT molecular complexity index is 243. The highest BCUT2D eigenvalue weighted by Gasteiger charge is 2.44. The van der Waals surface area contributed by atoms with Crippen LogP contribution in [0.3, 0.4) is 0 Å². The third-order valence-corrected chi connectivity index (χ3v) is 1.40. The Balaban J connectivity index is -0.000000845. The second-order valence-electron chi connectivity index (χ2n) is 2.31. The standard InChI is InChI=1S/C6H6O8.2H3N/c7-3(8)1(4(9)10)2(5(11)12)6(13)14;;/h1-2H,(H,7,8)(H,9,10)(H,11,12)(H,13,14);2*1H3. The normalized spacial score (nSPS) is 8.88. The lowest BCUT2D eigenvalue weighted by atomic mass is 9.93. The van der Waals surface area contributed by atoms with Crippen LogP contribution >= 0.6 is 0 Å². The zero-order chi connectivity index (χ0) is 11.5. The number of carboxylic acid groups (broad SMARTS) is 4. The summed E-state index contributed by atoms with van der Waals surface area (Å²) in [6.07, 6.45) is 0. The van der Waals surface area contributed by atoms with Gasteiger partial charge in [0.1, 0.15) is 0 Å². The lowest BCUT2D eigenvalue weighted by molar-refractivity contribution is -0.171. The summed E-state index contributed by atoms with van der Waals surface area (Å²) in [6.45, 7) is 0. The maximum atomic E-state index is 10.3. The molecule has 0 aromatic rings. The Morgan fingerprint density at radius 2 is 0.688 bits per heavy atom. The Labute approximate surface area is 88.7 Å². The van der Waals surface area contributed by atoms with Gasteiger partial charge in [0.15, 0.2) is 11.8 Å². The minimum Gasteiger partial charge on any atom is -0.481 e. The van der Waals surface area contributed by atoms with Crippen molar-refractivity contribution in [3.05, 3.63) is 0 Å². The quantitative estimate of drug-likeness (QED) is 0.317. The van der Waals surface area contributed by atoms with Gasteiger partial charge in [-0.25, -0.2) is 0 Å². The van der Waals surface area contributed by atoms with Crippen LogP contribution in [0.2, 0.25) is 0 Å². The number of hydrogen-bond donors (Lipinski definition) is 6. The molecule has 0 aliphatic rings. The van der Waals surface area contributed by atoms with Crippen LogP contribution in [0.15, 0.2) is 0 Å². The smallest absolute Gasteiger partial charge is 0.319 e. The fraction of sp³-hybridized carbons (Fsp3) is 0.333. The predicted octanol–water partition coefficient (Wildman–Crippen LogP) is -1.12. The van der Waals surface area contributed by atoms with E-state index in [0.717, 1.165) is 0 Å². The Morgan fingerprint density at radius 3 is 0.750 bits per heavy atom. The van der Waals surface area contributed by atoms with Gasteiger partial charge in [0.25, 0.3) is 0 Å². The molecule has 0 spiro atoms. The highest BCUT2D eigenvalue weighted by Crippen LogP contribution is 2.13. The van der Waals surface area contributed by atoms with Crippen LogP contribution in [0.5, 0.6) is 0 Å². The van der Waals surface area contributed by atoms with E-state index in [4.69, 9.17) is 20.4 Å². The Hall–Kier alpha value is -2.20. The van der Waals surface area contributed by atoms with Crippen LogP contribution < -0.4 is 12.3 Å². The minimum absolute atomic E-state index is 0. The minimum atomic E-state index is -2.50. The molecular formula is C6H12N2O8. The summed E-state index contributed by atoms with van der Waals surface area (Å²) in [6, 6.07) is 0. The Kier molecular flexibility index (Phi) is 8.65. The molecule has 0 saturated carbocycles. The molecule has 0 bridgehead atoms. The van der Waals surface area contributed by atoms with Crippen molar-refractivity contribution in [3.63, 3.8) is 0 Å². The predicted molar refractivity (Wildman–Crippen MR) is 47.6 cm³/mol. The number of carbonyl (C=O) groups is 4. The average Bonchev–Trinajstić information content (AvgIpc) is 1.96. The van der Waals surface area contributed by atoms with Gasteiger partial charge in [0, 0.05) is 0 Å². The van der Waals surface area contributed by atoms with Crippen molar-refractivity contribution in [1.82, 2.24) is 12.3 Å². The molecule has 0 fully saturated rings. The summed E-state index contributed by atoms with van der Waals surface area (Å²) in [5.41, 5.74) is 0. The molecule has 0 heterocycles. The second kappa shape index (κ2) is 7.14. The first-order valence-electron chi connectivity index (χ1n) is 3.20. The van der Waals surface area contributed by atoms with E-state index in [-0.39, 0.29) is 12.3 Å². The molecule has 0 rings (SSSR count). The molecule has 0 radical (unpaired) electrons. The van der Waals surface area contributed by atoms with E-state index >= 15 is 0 Å². The van der Waals surface area contributed by atoms with Crippen LogP contribution in [0.4, 0.5) is 0 Å². The van der Waals surface area contributed by atoms with Crippen molar-refractivity contribution in [3.8, 4) is 0 Å². The molecule has 0 saturated heterocycles. The lowest BCUT2D eigenvalue weighted by Gasteiger charge is -2.11. The summed E-state index contributed by atoms with van der Waals surface area (Å²) in [5, 5.41) is 33.2. The fourth-order valence-corrected chi connectivity index (χ4v) is 0.782. The van der Waals surface area contributed by atoms with E-state index < -0.39 is 35.7 Å². The molecule has 0 aromatic carbocycles. The van der Waals surface area contributed by atoms with Gasteiger partial charge in [0.05, 0.1) is 0 Å². The monoisotopic (exact) mass is 240 g/mol. The van der Waals surface area contributed by atoms with E-state index in [1.807, 2.05) is 0 Å². The van der Waals surface area contributed by atoms with Gasteiger partial charge in [-0.3, -0.25) is 19.2 Å². The topological polar surface area (TPSA) is 219 Å². The lowest BCUT2D eigenvalue weighted by Crippen LogP contribution is -2.40. The van der Waals surface area contributed by atoms with Gasteiger partial charge in [-0.15, -0.1) is 0 Å². The van der Waals surface area contributed by atoms with E-state index in [1.165, 1.54) is 0 Å². The van der Waals surface area contributed by atoms with Crippen molar-refractivity contribution in [2.75, 3.05) is 0 Å². The number of aliphatic carboxylic acids is 4. The number of rotatable bonds is 5. The third kappa shape index (κ3) is 4.34. The van der Waals surface area contributed by atoms with Gasteiger partial charge in [-0.05, 0) is 0 Å². The van der Waals surface area contributed by atoms with Crippen LogP contribution in [0.1, 0.15) is 0 Å². The van der Waals surface area contributed by atoms with Crippen molar-refractivity contribution in [2.24, 2.45) is 11.8 Å². The van der Waals surface area contributed by atoms with Crippen molar-refractivity contribution in [1.29, 1.82) is 0 Å². The van der Waals surface area contributed by atoms with E-state index in [2.05, 4.69) is 0 Å². The van der Waals surface area contributed by atoms with E-state index in [9.17, 15) is 19.2 Å². The van der Waals surface area contributed by atoms with Gasteiger partial charge >= 0.3 is 23.9 Å². The van der Waals surface area contributed by atoms with E-state index in [0.29, 0.717) is 0 Å². The zero-order valence-corrected chi connectivity index (χ0v) is 7.99. The van der Waals surface area contributed by atoms with Crippen LogP contribution in [-0.2, 0) is 19.2 Å². The van der Waals surface area contributed by atoms with Gasteiger partial charge in [-0.1, -0.05) is 0 Å². The molecule has 0 aliphatic heterocycles. The summed E-state index contributed by atoms with van der Waals surface area (Å²) in [5.74, 6) is -13.0. The number of carboxylic acids is 4. The number of hydrogen-bond acceptors (Lipinski definition) is 6. The van der Waals surface area contributed by atoms with Gasteiger partial charge in [0.2, 0.25) is 0 Å². The fourth-order valence-electron chi connectivity index (χ4n) is 0.782. The first-order valence-corrected chi connectivity index (χ1v) is 3.20. The summed E-state index contributed by atoms with van der Waals surface area (Å²) in [7, 11) is 0. The molecule has 0 amide bonds. The van der Waals surface area contributed by atoms with Gasteiger partial charge in [-0.2, -0.15) is 0 Å². The third-order valence-electron chi connectivity index (χ3n) is 1.40. The summed E-state index contributed by atoms with van der Waals surface area (Å²) in [4.78, 5) is 41.1. The molecule has 10 N–H and O–H groups in total. The molecule has 94 valence electrons. The maximum Gasteiger partial charge on any atom is 0.319 e. The second-order valence-corrected chi connectivity index (χ2v) is 2.31.